The van der Waals surface area contributed by atoms with Crippen molar-refractivity contribution in [3.05, 3.63) is 125 Å². The summed E-state index contributed by atoms with van der Waals surface area (Å²) in [5.74, 6) is -0.0493. The van der Waals surface area contributed by atoms with Gasteiger partial charge in [-0.3, -0.25) is 5.21 Å². The molecule has 164 valence electrons. The second kappa shape index (κ2) is 8.27. The van der Waals surface area contributed by atoms with Crippen LogP contribution in [0.25, 0.3) is 11.0 Å². The Morgan fingerprint density at radius 3 is 2.15 bits per heavy atom. The van der Waals surface area contributed by atoms with E-state index in [-0.39, 0.29) is 22.3 Å². The lowest BCUT2D eigenvalue weighted by molar-refractivity contribution is -0.725. The Hall–Kier alpha value is -4.39. The first kappa shape index (κ1) is 20.5. The van der Waals surface area contributed by atoms with Gasteiger partial charge in [0.1, 0.15) is 11.1 Å². The number of methoxy groups -OCH3 is 1. The van der Waals surface area contributed by atoms with Crippen molar-refractivity contribution < 1.29 is 14.8 Å². The highest BCUT2D eigenvalue weighted by atomic mass is 16.8. The predicted molar refractivity (Wildman–Crippen MR) is 125 cm³/mol. The number of allylic oxidation sites excluding steroid dienone is 3. The highest BCUT2D eigenvalue weighted by Gasteiger charge is 2.46. The van der Waals surface area contributed by atoms with Gasteiger partial charge in [0.2, 0.25) is 0 Å². The molecule has 0 aliphatic heterocycles. The van der Waals surface area contributed by atoms with Crippen LogP contribution in [-0.4, -0.2) is 37.9 Å². The molecular weight excluding hydrogens is 416 g/mol. The Kier molecular flexibility index (Phi) is 5.14. The molecule has 1 aromatic heterocycles. The molecule has 7 heteroatoms. The first-order valence-corrected chi connectivity index (χ1v) is 10.6. The number of nitrogens with zero attached hydrogens (tertiary/aromatic N) is 4. The Morgan fingerprint density at radius 1 is 0.939 bits per heavy atom. The molecule has 0 saturated carbocycles. The fraction of sp³-hybridized carbons (Fsp3) is 0.115. The third-order valence-corrected chi connectivity index (χ3v) is 6.07. The average Bonchev–Trinajstić information content (AvgIpc) is 3.30. The number of para-hydroxylation sites is 1. The molecule has 1 N–H and O–H groups in total. The Balaban J connectivity index is 1.89. The maximum Gasteiger partial charge on any atom is 0.308 e. The summed E-state index contributed by atoms with van der Waals surface area (Å²) >= 11 is 0. The van der Waals surface area contributed by atoms with Crippen molar-refractivity contribution in [3.63, 3.8) is 0 Å². The average molecular weight is 438 g/mol. The van der Waals surface area contributed by atoms with E-state index in [1.54, 1.807) is 6.08 Å². The molecule has 1 aliphatic carbocycles. The minimum Gasteiger partial charge on any atom is -0.490 e. The highest BCUT2D eigenvalue weighted by Crippen LogP contribution is 2.44. The molecule has 1 atom stereocenters. The molecule has 0 fully saturated rings. The number of fused-ring (bicyclic) bond motifs is 1. The monoisotopic (exact) mass is 438 g/mol. The van der Waals surface area contributed by atoms with Gasteiger partial charge in [-0.2, -0.15) is 0 Å². The van der Waals surface area contributed by atoms with E-state index >= 15 is 0 Å². The van der Waals surface area contributed by atoms with Crippen LogP contribution in [0.15, 0.2) is 109 Å². The summed E-state index contributed by atoms with van der Waals surface area (Å²) in [6.45, 7) is 0. The molecule has 7 nitrogen and oxygen atoms in total. The van der Waals surface area contributed by atoms with Crippen LogP contribution in [0, 0.1) is 11.1 Å². The topological polar surface area (TPSA) is 86.2 Å². The van der Waals surface area contributed by atoms with Crippen molar-refractivity contribution in [2.75, 3.05) is 7.11 Å². The van der Waals surface area contributed by atoms with E-state index in [2.05, 4.69) is 34.6 Å². The fourth-order valence-electron chi connectivity index (χ4n) is 4.62. The first-order chi connectivity index (χ1) is 16.2. The largest absolute Gasteiger partial charge is 0.490 e. The van der Waals surface area contributed by atoms with Gasteiger partial charge in [-0.15, -0.1) is 5.10 Å². The lowest BCUT2D eigenvalue weighted by atomic mass is 9.71. The zero-order valence-corrected chi connectivity index (χ0v) is 17.9. The lowest BCUT2D eigenvalue weighted by Crippen LogP contribution is -2.44. The maximum absolute atomic E-state index is 11.7. The summed E-state index contributed by atoms with van der Waals surface area (Å²) in [4.78, 5) is -0.181. The maximum atomic E-state index is 11.7. The number of benzene rings is 3. The van der Waals surface area contributed by atoms with Crippen LogP contribution in [0.2, 0.25) is 0 Å². The second-order valence-corrected chi connectivity index (χ2v) is 7.77. The normalized spacial score (nSPS) is 17.6. The molecule has 5 rings (SSSR count). The number of aromatic nitrogens is 3. The molecule has 33 heavy (non-hydrogen) atoms. The molecule has 4 aromatic rings. The molecule has 3 aromatic carbocycles. The van der Waals surface area contributed by atoms with Crippen molar-refractivity contribution in [3.8, 4) is 0 Å². The minimum absolute atomic E-state index is 0.0345. The van der Waals surface area contributed by atoms with E-state index in [1.165, 1.54) is 7.11 Å². The highest BCUT2D eigenvalue weighted by molar-refractivity contribution is 6.04. The summed E-state index contributed by atoms with van der Waals surface area (Å²) in [6, 6.07) is 28.0. The van der Waals surface area contributed by atoms with E-state index in [4.69, 9.17) is 4.74 Å². The summed E-state index contributed by atoms with van der Waals surface area (Å²) in [5, 5.41) is 30.4. The fourth-order valence-corrected chi connectivity index (χ4v) is 4.62. The van der Waals surface area contributed by atoms with Gasteiger partial charge in [0, 0.05) is 16.9 Å². The molecular formula is C26H22N4O3. The predicted octanol–water partition coefficient (Wildman–Crippen LogP) is 4.28. The quantitative estimate of drug-likeness (QED) is 0.286. The molecule has 1 unspecified atom stereocenters. The van der Waals surface area contributed by atoms with Crippen LogP contribution in [0.5, 0.6) is 0 Å². The molecule has 0 bridgehead atoms. The van der Waals surface area contributed by atoms with Gasteiger partial charge in [-0.25, -0.2) is 4.68 Å². The Morgan fingerprint density at radius 2 is 1.55 bits per heavy atom. The second-order valence-electron chi connectivity index (χ2n) is 7.77. The zero-order valence-electron chi connectivity index (χ0n) is 17.9. The van der Waals surface area contributed by atoms with Crippen molar-refractivity contribution in [2.45, 2.75) is 5.54 Å². The van der Waals surface area contributed by atoms with Crippen LogP contribution in [0.3, 0.4) is 0 Å². The van der Waals surface area contributed by atoms with Gasteiger partial charge in [0.15, 0.2) is 5.76 Å². The van der Waals surface area contributed by atoms with Crippen molar-refractivity contribution in [2.24, 2.45) is 5.92 Å². The van der Waals surface area contributed by atoms with Crippen LogP contribution in [0.1, 0.15) is 11.1 Å². The van der Waals surface area contributed by atoms with E-state index < -0.39 is 5.54 Å². The van der Waals surface area contributed by atoms with Crippen LogP contribution in [-0.2, 0) is 10.3 Å². The van der Waals surface area contributed by atoms with Crippen LogP contribution < -0.4 is 0 Å². The van der Waals surface area contributed by atoms with Gasteiger partial charge >= 0.3 is 5.71 Å². The number of rotatable bonds is 5. The summed E-state index contributed by atoms with van der Waals surface area (Å²) in [5.41, 5.74) is 2.80. The lowest BCUT2D eigenvalue weighted by Gasteiger charge is -2.40. The smallest absolute Gasteiger partial charge is 0.308 e. The summed E-state index contributed by atoms with van der Waals surface area (Å²) in [7, 11) is 1.48. The van der Waals surface area contributed by atoms with E-state index in [0.29, 0.717) is 0 Å². The number of hydrogen-bond acceptors (Lipinski definition) is 5. The molecule has 0 spiro atoms. The standard InChI is InChI=1S/C26H22N4O3/c1-33-25-18-21(16-17-24(25)30(31)32)26(19-10-4-2-5-11-19,20-12-6-3-7-13-20)29-23-15-9-8-14-22(23)27-28-29/h2-18,21H,1H3,(H,31,32). The Bertz CT molecular complexity index is 1330. The first-order valence-electron chi connectivity index (χ1n) is 10.6. The van der Waals surface area contributed by atoms with E-state index in [1.807, 2.05) is 77.5 Å². The third-order valence-electron chi connectivity index (χ3n) is 6.07. The SMILES string of the molecule is COC1=CC(C(c2ccccc2)(c2ccccc2)n2nnc3ccccc32)C=C/C1=[N+](/[O-])O. The van der Waals surface area contributed by atoms with E-state index in [0.717, 1.165) is 22.2 Å². The third kappa shape index (κ3) is 3.25. The molecule has 0 radical (unpaired) electrons. The Labute approximate surface area is 190 Å². The van der Waals surface area contributed by atoms with Gasteiger partial charge < -0.3 is 9.94 Å². The number of ether oxygens (including phenoxy) is 1. The van der Waals surface area contributed by atoms with E-state index in [9.17, 15) is 10.4 Å². The van der Waals surface area contributed by atoms with Crippen LogP contribution >= 0.6 is 0 Å². The minimum atomic E-state index is -0.854. The molecule has 1 heterocycles. The van der Waals surface area contributed by atoms with Gasteiger partial charge in [-0.1, -0.05) is 84.1 Å². The molecule has 0 amide bonds. The van der Waals surface area contributed by atoms with Gasteiger partial charge in [0.05, 0.1) is 12.6 Å². The molecule has 1 aliphatic rings. The summed E-state index contributed by atoms with van der Waals surface area (Å²) in [6.07, 6.45) is 5.30. The van der Waals surface area contributed by atoms with Gasteiger partial charge in [-0.05, 0) is 29.3 Å². The summed E-state index contributed by atoms with van der Waals surface area (Å²) < 4.78 is 7.43. The zero-order chi connectivity index (χ0) is 22.8. The van der Waals surface area contributed by atoms with Gasteiger partial charge in [0.25, 0.3) is 0 Å². The van der Waals surface area contributed by atoms with Crippen molar-refractivity contribution >= 4 is 16.7 Å². The molecule has 0 saturated heterocycles. The number of hydrogen-bond donors (Lipinski definition) is 1. The van der Waals surface area contributed by atoms with Crippen molar-refractivity contribution in [1.82, 2.24) is 15.0 Å². The van der Waals surface area contributed by atoms with Crippen LogP contribution in [0.4, 0.5) is 0 Å². The van der Waals surface area contributed by atoms with Crippen molar-refractivity contribution in [1.29, 1.82) is 0 Å².